The van der Waals surface area contributed by atoms with Crippen molar-refractivity contribution in [3.8, 4) is 16.3 Å². The molecule has 0 spiro atoms. The lowest BCUT2D eigenvalue weighted by atomic mass is 10.2. The molecule has 0 saturated heterocycles. The molecule has 0 atom stereocenters. The smallest absolute Gasteiger partial charge is 0.124 e. The molecule has 0 aliphatic carbocycles. The summed E-state index contributed by atoms with van der Waals surface area (Å²) in [5, 5.41) is 0.994. The van der Waals surface area contributed by atoms with Gasteiger partial charge in [0.1, 0.15) is 10.8 Å². The molecule has 0 aliphatic rings. The highest BCUT2D eigenvalue weighted by Crippen LogP contribution is 2.30. The van der Waals surface area contributed by atoms with Crippen LogP contribution in [0.3, 0.4) is 0 Å². The lowest BCUT2D eigenvalue weighted by Gasteiger charge is -2.03. The second kappa shape index (κ2) is 7.92. The average Bonchev–Trinajstić information content (AvgIpc) is 2.98. The van der Waals surface area contributed by atoms with E-state index in [1.165, 1.54) is 0 Å². The summed E-state index contributed by atoms with van der Waals surface area (Å²) in [4.78, 5) is 5.83. The summed E-state index contributed by atoms with van der Waals surface area (Å²) >= 11 is 5.11. The number of thiazole rings is 1. The highest BCUT2D eigenvalue weighted by atomic mass is 79.9. The third kappa shape index (κ3) is 4.23. The summed E-state index contributed by atoms with van der Waals surface area (Å²) in [6.07, 6.45) is 0. The van der Waals surface area contributed by atoms with Crippen LogP contribution in [0.2, 0.25) is 0 Å². The van der Waals surface area contributed by atoms with Crippen molar-refractivity contribution in [3.05, 3.63) is 69.1 Å². The minimum atomic E-state index is 0.573. The Morgan fingerprint density at radius 3 is 2.62 bits per heavy atom. The summed E-state index contributed by atoms with van der Waals surface area (Å²) in [6.45, 7) is 3.20. The predicted octanol–water partition coefficient (Wildman–Crippen LogP) is 5.61. The Balaban J connectivity index is 1.66. The van der Waals surface area contributed by atoms with Gasteiger partial charge in [0.25, 0.3) is 0 Å². The average molecular weight is 404 g/mol. The zero-order valence-electron chi connectivity index (χ0n) is 13.6. The van der Waals surface area contributed by atoms with Crippen LogP contribution in [0.25, 0.3) is 10.6 Å². The Bertz CT molecular complexity index is 814. The monoisotopic (exact) mass is 403 g/mol. The van der Waals surface area contributed by atoms with Gasteiger partial charge in [0.15, 0.2) is 0 Å². The summed E-state index contributed by atoms with van der Waals surface area (Å²) < 4.78 is 12.2. The van der Waals surface area contributed by atoms with Crippen molar-refractivity contribution < 1.29 is 9.47 Å². The van der Waals surface area contributed by atoms with E-state index in [0.29, 0.717) is 13.2 Å². The van der Waals surface area contributed by atoms with Gasteiger partial charge < -0.3 is 9.47 Å². The SMILES string of the molecule is COc1cccc(-c2nc(C)c(COCc3ccc(Br)cc3)s2)c1. The number of methoxy groups -OCH3 is 1. The molecule has 24 heavy (non-hydrogen) atoms. The molecule has 0 radical (unpaired) electrons. The molecule has 5 heteroatoms. The fourth-order valence-electron chi connectivity index (χ4n) is 2.28. The van der Waals surface area contributed by atoms with Gasteiger partial charge in [-0.2, -0.15) is 0 Å². The minimum Gasteiger partial charge on any atom is -0.497 e. The normalized spacial score (nSPS) is 10.8. The maximum atomic E-state index is 5.85. The molecule has 0 unspecified atom stereocenters. The molecular weight excluding hydrogens is 386 g/mol. The number of hydrogen-bond acceptors (Lipinski definition) is 4. The molecule has 0 fully saturated rings. The first-order chi connectivity index (χ1) is 11.7. The molecular formula is C19H18BrNO2S. The number of nitrogens with zero attached hydrogens (tertiary/aromatic N) is 1. The first-order valence-electron chi connectivity index (χ1n) is 7.58. The van der Waals surface area contributed by atoms with Gasteiger partial charge in [-0.3, -0.25) is 0 Å². The van der Waals surface area contributed by atoms with Crippen molar-refractivity contribution in [1.29, 1.82) is 0 Å². The molecule has 0 amide bonds. The molecule has 3 nitrogen and oxygen atoms in total. The topological polar surface area (TPSA) is 31.4 Å². The van der Waals surface area contributed by atoms with Crippen molar-refractivity contribution >= 4 is 27.3 Å². The van der Waals surface area contributed by atoms with Crippen molar-refractivity contribution in [3.63, 3.8) is 0 Å². The maximum absolute atomic E-state index is 5.85. The summed E-state index contributed by atoms with van der Waals surface area (Å²) in [5.41, 5.74) is 3.25. The largest absolute Gasteiger partial charge is 0.497 e. The van der Waals surface area contributed by atoms with Crippen LogP contribution in [0.1, 0.15) is 16.1 Å². The summed E-state index contributed by atoms with van der Waals surface area (Å²) in [7, 11) is 1.67. The van der Waals surface area contributed by atoms with Crippen LogP contribution in [-0.4, -0.2) is 12.1 Å². The Morgan fingerprint density at radius 1 is 1.08 bits per heavy atom. The molecule has 3 rings (SSSR count). The zero-order chi connectivity index (χ0) is 16.9. The maximum Gasteiger partial charge on any atom is 0.124 e. The molecule has 0 bridgehead atoms. The summed E-state index contributed by atoms with van der Waals surface area (Å²) in [5.74, 6) is 0.841. The first kappa shape index (κ1) is 17.1. The number of ether oxygens (including phenoxy) is 2. The number of hydrogen-bond donors (Lipinski definition) is 0. The third-order valence-corrected chi connectivity index (χ3v) is 5.33. The van der Waals surface area contributed by atoms with Gasteiger partial charge in [0.2, 0.25) is 0 Å². The molecule has 1 aromatic heterocycles. The van der Waals surface area contributed by atoms with E-state index in [1.807, 2.05) is 43.3 Å². The van der Waals surface area contributed by atoms with Crippen molar-refractivity contribution in [2.24, 2.45) is 0 Å². The van der Waals surface area contributed by atoms with Crippen LogP contribution in [0.4, 0.5) is 0 Å². The lowest BCUT2D eigenvalue weighted by molar-refractivity contribution is 0.109. The van der Waals surface area contributed by atoms with Crippen LogP contribution in [-0.2, 0) is 18.0 Å². The quantitative estimate of drug-likeness (QED) is 0.536. The van der Waals surface area contributed by atoms with Gasteiger partial charge in [-0.15, -0.1) is 11.3 Å². The predicted molar refractivity (Wildman–Crippen MR) is 101 cm³/mol. The fraction of sp³-hybridized carbons (Fsp3) is 0.211. The van der Waals surface area contributed by atoms with E-state index in [4.69, 9.17) is 9.47 Å². The molecule has 1 heterocycles. The van der Waals surface area contributed by atoms with Gasteiger partial charge in [-0.1, -0.05) is 40.2 Å². The zero-order valence-corrected chi connectivity index (χ0v) is 16.0. The number of aromatic nitrogens is 1. The molecule has 0 saturated carbocycles. The second-order valence-corrected chi connectivity index (χ2v) is 7.38. The van der Waals surface area contributed by atoms with E-state index in [1.54, 1.807) is 18.4 Å². The number of rotatable bonds is 6. The van der Waals surface area contributed by atoms with E-state index in [9.17, 15) is 0 Å². The van der Waals surface area contributed by atoms with E-state index in [2.05, 4.69) is 33.0 Å². The highest BCUT2D eigenvalue weighted by molar-refractivity contribution is 9.10. The standard InChI is InChI=1S/C19H18BrNO2S/c1-13-18(12-23-11-14-6-8-16(20)9-7-14)24-19(21-13)15-4-3-5-17(10-15)22-2/h3-10H,11-12H2,1-2H3. The molecule has 3 aromatic rings. The van der Waals surface area contributed by atoms with Crippen LogP contribution in [0.5, 0.6) is 5.75 Å². The van der Waals surface area contributed by atoms with Crippen LogP contribution < -0.4 is 4.74 Å². The molecule has 0 N–H and O–H groups in total. The van der Waals surface area contributed by atoms with Gasteiger partial charge in [-0.05, 0) is 36.8 Å². The Morgan fingerprint density at radius 2 is 1.88 bits per heavy atom. The van der Waals surface area contributed by atoms with Crippen LogP contribution in [0, 0.1) is 6.92 Å². The van der Waals surface area contributed by atoms with E-state index >= 15 is 0 Å². The van der Waals surface area contributed by atoms with Crippen molar-refractivity contribution in [2.45, 2.75) is 20.1 Å². The molecule has 124 valence electrons. The van der Waals surface area contributed by atoms with E-state index in [-0.39, 0.29) is 0 Å². The van der Waals surface area contributed by atoms with Gasteiger partial charge in [0, 0.05) is 10.0 Å². The first-order valence-corrected chi connectivity index (χ1v) is 9.19. The fourth-order valence-corrected chi connectivity index (χ4v) is 3.54. The summed E-state index contributed by atoms with van der Waals surface area (Å²) in [6, 6.07) is 16.1. The third-order valence-electron chi connectivity index (χ3n) is 3.62. The van der Waals surface area contributed by atoms with Gasteiger partial charge in [-0.25, -0.2) is 4.98 Å². The Labute approximate surface area is 154 Å². The van der Waals surface area contributed by atoms with Gasteiger partial charge >= 0.3 is 0 Å². The minimum absolute atomic E-state index is 0.573. The lowest BCUT2D eigenvalue weighted by Crippen LogP contribution is -1.93. The number of benzene rings is 2. The van der Waals surface area contributed by atoms with Crippen LogP contribution >= 0.6 is 27.3 Å². The number of aryl methyl sites for hydroxylation is 1. The second-order valence-electron chi connectivity index (χ2n) is 5.38. The molecule has 0 aliphatic heterocycles. The van der Waals surface area contributed by atoms with Crippen LogP contribution in [0.15, 0.2) is 53.0 Å². The van der Waals surface area contributed by atoms with E-state index in [0.717, 1.165) is 36.9 Å². The van der Waals surface area contributed by atoms with Gasteiger partial charge in [0.05, 0.1) is 30.9 Å². The van der Waals surface area contributed by atoms with Crippen molar-refractivity contribution in [1.82, 2.24) is 4.98 Å². The molecule has 2 aromatic carbocycles. The Kier molecular flexibility index (Phi) is 5.66. The van der Waals surface area contributed by atoms with E-state index < -0.39 is 0 Å². The number of halogens is 1. The Hall–Kier alpha value is -1.69. The highest BCUT2D eigenvalue weighted by Gasteiger charge is 2.10. The van der Waals surface area contributed by atoms with Crippen molar-refractivity contribution in [2.75, 3.05) is 7.11 Å².